The van der Waals surface area contributed by atoms with Gasteiger partial charge in [0.2, 0.25) is 5.91 Å². The highest BCUT2D eigenvalue weighted by Crippen LogP contribution is 2.38. The van der Waals surface area contributed by atoms with Gasteiger partial charge in [-0.05, 0) is 37.5 Å². The second kappa shape index (κ2) is 5.65. The molecule has 0 atom stereocenters. The average Bonchev–Trinajstić information content (AvgIpc) is 2.88. The van der Waals surface area contributed by atoms with Crippen molar-refractivity contribution >= 4 is 17.6 Å². The highest BCUT2D eigenvalue weighted by atomic mass is 16.5. The van der Waals surface area contributed by atoms with Crippen LogP contribution in [0.3, 0.4) is 0 Å². The third-order valence-electron chi connectivity index (χ3n) is 4.16. The van der Waals surface area contributed by atoms with E-state index in [2.05, 4.69) is 5.32 Å². The van der Waals surface area contributed by atoms with Gasteiger partial charge in [-0.15, -0.1) is 0 Å². The zero-order valence-corrected chi connectivity index (χ0v) is 12.3. The SMILES string of the molecule is COC(=O)c1ccc(C)c(NC(=O)C2(C)CCCC2)c1. The van der Waals surface area contributed by atoms with Crippen LogP contribution in [0.4, 0.5) is 5.69 Å². The summed E-state index contributed by atoms with van der Waals surface area (Å²) in [7, 11) is 1.35. The first kappa shape index (κ1) is 14.6. The lowest BCUT2D eigenvalue weighted by Crippen LogP contribution is -2.31. The van der Waals surface area contributed by atoms with Gasteiger partial charge in [-0.1, -0.05) is 25.8 Å². The second-order valence-electron chi connectivity index (χ2n) is 5.74. The summed E-state index contributed by atoms with van der Waals surface area (Å²) in [5, 5.41) is 2.97. The summed E-state index contributed by atoms with van der Waals surface area (Å²) in [5.74, 6) is -0.354. The molecular formula is C16H21NO3. The Hall–Kier alpha value is -1.84. The fourth-order valence-electron chi connectivity index (χ4n) is 2.66. The molecule has 1 fully saturated rings. The number of carbonyl (C=O) groups excluding carboxylic acids is 2. The summed E-state index contributed by atoms with van der Waals surface area (Å²) < 4.78 is 4.70. The number of hydrogen-bond donors (Lipinski definition) is 1. The molecule has 1 aromatic rings. The van der Waals surface area contributed by atoms with E-state index >= 15 is 0 Å². The first-order chi connectivity index (χ1) is 9.46. The molecule has 0 aliphatic heterocycles. The minimum atomic E-state index is -0.396. The highest BCUT2D eigenvalue weighted by Gasteiger charge is 2.36. The quantitative estimate of drug-likeness (QED) is 0.861. The largest absolute Gasteiger partial charge is 0.465 e. The number of rotatable bonds is 3. The number of ether oxygens (including phenoxy) is 1. The number of benzene rings is 1. The van der Waals surface area contributed by atoms with Gasteiger partial charge in [0.25, 0.3) is 0 Å². The van der Waals surface area contributed by atoms with Crippen molar-refractivity contribution in [2.45, 2.75) is 39.5 Å². The van der Waals surface area contributed by atoms with E-state index in [4.69, 9.17) is 4.74 Å². The van der Waals surface area contributed by atoms with Gasteiger partial charge in [-0.3, -0.25) is 4.79 Å². The van der Waals surface area contributed by atoms with Crippen LogP contribution in [0.15, 0.2) is 18.2 Å². The lowest BCUT2D eigenvalue weighted by atomic mass is 9.87. The summed E-state index contributed by atoms with van der Waals surface area (Å²) in [4.78, 5) is 24.0. The van der Waals surface area contributed by atoms with Gasteiger partial charge >= 0.3 is 5.97 Å². The number of esters is 1. The molecule has 2 rings (SSSR count). The van der Waals surface area contributed by atoms with Gasteiger partial charge in [-0.2, -0.15) is 0 Å². The van der Waals surface area contributed by atoms with Crippen LogP contribution in [-0.4, -0.2) is 19.0 Å². The maximum Gasteiger partial charge on any atom is 0.337 e. The second-order valence-corrected chi connectivity index (χ2v) is 5.74. The normalized spacial score (nSPS) is 16.8. The monoisotopic (exact) mass is 275 g/mol. The molecule has 20 heavy (non-hydrogen) atoms. The van der Waals surface area contributed by atoms with Gasteiger partial charge in [0.05, 0.1) is 12.7 Å². The molecule has 1 aromatic carbocycles. The molecule has 0 spiro atoms. The van der Waals surface area contributed by atoms with Crippen LogP contribution in [0.5, 0.6) is 0 Å². The zero-order chi connectivity index (χ0) is 14.8. The van der Waals surface area contributed by atoms with E-state index in [0.717, 1.165) is 31.2 Å². The van der Waals surface area contributed by atoms with E-state index in [-0.39, 0.29) is 11.3 Å². The molecule has 1 saturated carbocycles. The Morgan fingerprint density at radius 2 is 1.90 bits per heavy atom. The predicted octanol–water partition coefficient (Wildman–Crippen LogP) is 3.30. The third kappa shape index (κ3) is 2.84. The average molecular weight is 275 g/mol. The lowest BCUT2D eigenvalue weighted by molar-refractivity contribution is -0.124. The Labute approximate surface area is 119 Å². The topological polar surface area (TPSA) is 55.4 Å². The summed E-state index contributed by atoms with van der Waals surface area (Å²) in [6.07, 6.45) is 4.05. The minimum absolute atomic E-state index is 0.0418. The molecule has 0 unspecified atom stereocenters. The smallest absolute Gasteiger partial charge is 0.337 e. The summed E-state index contributed by atoms with van der Waals surface area (Å²) >= 11 is 0. The number of methoxy groups -OCH3 is 1. The number of aryl methyl sites for hydroxylation is 1. The van der Waals surface area contributed by atoms with Crippen molar-refractivity contribution in [3.05, 3.63) is 29.3 Å². The molecule has 0 bridgehead atoms. The van der Waals surface area contributed by atoms with Crippen molar-refractivity contribution in [3.63, 3.8) is 0 Å². The maximum atomic E-state index is 12.4. The van der Waals surface area contributed by atoms with E-state index < -0.39 is 5.97 Å². The first-order valence-corrected chi connectivity index (χ1v) is 6.97. The van der Waals surface area contributed by atoms with E-state index in [1.165, 1.54) is 7.11 Å². The number of hydrogen-bond acceptors (Lipinski definition) is 3. The van der Waals surface area contributed by atoms with Crippen LogP contribution < -0.4 is 5.32 Å². The van der Waals surface area contributed by atoms with E-state index in [0.29, 0.717) is 11.3 Å². The zero-order valence-electron chi connectivity index (χ0n) is 12.3. The molecule has 0 saturated heterocycles. The molecule has 0 radical (unpaired) electrons. The molecular weight excluding hydrogens is 254 g/mol. The van der Waals surface area contributed by atoms with Gasteiger partial charge < -0.3 is 10.1 Å². The van der Waals surface area contributed by atoms with Gasteiger partial charge in [-0.25, -0.2) is 4.79 Å². The molecule has 1 aliphatic rings. The van der Waals surface area contributed by atoms with Crippen molar-refractivity contribution in [2.75, 3.05) is 12.4 Å². The number of nitrogens with one attached hydrogen (secondary N) is 1. The molecule has 1 aliphatic carbocycles. The van der Waals surface area contributed by atoms with E-state index in [1.807, 2.05) is 19.9 Å². The Balaban J connectivity index is 2.20. The van der Waals surface area contributed by atoms with Crippen LogP contribution in [0, 0.1) is 12.3 Å². The predicted molar refractivity (Wildman–Crippen MR) is 77.7 cm³/mol. The first-order valence-electron chi connectivity index (χ1n) is 6.97. The number of carbonyl (C=O) groups is 2. The Kier molecular flexibility index (Phi) is 4.12. The van der Waals surface area contributed by atoms with Crippen molar-refractivity contribution in [1.82, 2.24) is 0 Å². The lowest BCUT2D eigenvalue weighted by Gasteiger charge is -2.23. The standard InChI is InChI=1S/C16H21NO3/c1-11-6-7-12(14(18)20-3)10-13(11)17-15(19)16(2)8-4-5-9-16/h6-7,10H,4-5,8-9H2,1-3H3,(H,17,19). The van der Waals surface area contributed by atoms with Crippen LogP contribution in [-0.2, 0) is 9.53 Å². The highest BCUT2D eigenvalue weighted by molar-refractivity contribution is 5.98. The van der Waals surface area contributed by atoms with Crippen molar-refractivity contribution in [2.24, 2.45) is 5.41 Å². The third-order valence-corrected chi connectivity index (χ3v) is 4.16. The van der Waals surface area contributed by atoms with Crippen molar-refractivity contribution < 1.29 is 14.3 Å². The molecule has 0 aromatic heterocycles. The summed E-state index contributed by atoms with van der Waals surface area (Å²) in [6, 6.07) is 5.20. The van der Waals surface area contributed by atoms with Crippen LogP contribution in [0.1, 0.15) is 48.5 Å². The van der Waals surface area contributed by atoms with Gasteiger partial charge in [0.15, 0.2) is 0 Å². The maximum absolute atomic E-state index is 12.4. The van der Waals surface area contributed by atoms with Crippen LogP contribution in [0.2, 0.25) is 0 Å². The number of anilines is 1. The number of amides is 1. The van der Waals surface area contributed by atoms with Crippen LogP contribution >= 0.6 is 0 Å². The summed E-state index contributed by atoms with van der Waals surface area (Å²) in [5.41, 5.74) is 1.79. The Bertz CT molecular complexity index is 531. The molecule has 4 heteroatoms. The fraction of sp³-hybridized carbons (Fsp3) is 0.500. The fourth-order valence-corrected chi connectivity index (χ4v) is 2.66. The summed E-state index contributed by atoms with van der Waals surface area (Å²) in [6.45, 7) is 3.92. The van der Waals surface area contributed by atoms with Gasteiger partial charge in [0, 0.05) is 11.1 Å². The molecule has 1 amide bonds. The van der Waals surface area contributed by atoms with Crippen molar-refractivity contribution in [1.29, 1.82) is 0 Å². The van der Waals surface area contributed by atoms with E-state index in [9.17, 15) is 9.59 Å². The molecule has 1 N–H and O–H groups in total. The molecule has 4 nitrogen and oxygen atoms in total. The van der Waals surface area contributed by atoms with E-state index in [1.54, 1.807) is 12.1 Å². The Morgan fingerprint density at radius 3 is 2.50 bits per heavy atom. The van der Waals surface area contributed by atoms with Crippen LogP contribution in [0.25, 0.3) is 0 Å². The Morgan fingerprint density at radius 1 is 1.25 bits per heavy atom. The van der Waals surface area contributed by atoms with Crippen molar-refractivity contribution in [3.8, 4) is 0 Å². The molecule has 0 heterocycles. The molecule has 108 valence electrons. The van der Waals surface area contributed by atoms with Gasteiger partial charge in [0.1, 0.15) is 0 Å². The minimum Gasteiger partial charge on any atom is -0.465 e.